The molecule has 1 fully saturated rings. The number of nitrogens with zero attached hydrogens (tertiary/aromatic N) is 1. The second-order valence-corrected chi connectivity index (χ2v) is 5.38. The van der Waals surface area contributed by atoms with Crippen LogP contribution in [-0.4, -0.2) is 35.0 Å². The van der Waals surface area contributed by atoms with E-state index in [0.29, 0.717) is 19.5 Å². The largest absolute Gasteiger partial charge is 0.481 e. The number of carboxylic acids is 1. The Balaban J connectivity index is 2.26. The van der Waals surface area contributed by atoms with E-state index in [1.165, 1.54) is 0 Å². The number of aryl methyl sites for hydroxylation is 1. The molecule has 5 nitrogen and oxygen atoms in total. The number of hydrogen-bond acceptors (Lipinski definition) is 3. The highest BCUT2D eigenvalue weighted by Crippen LogP contribution is 2.31. The molecule has 1 aromatic carbocycles. The van der Waals surface area contributed by atoms with Gasteiger partial charge in [0.15, 0.2) is 0 Å². The quantitative estimate of drug-likeness (QED) is 0.849. The lowest BCUT2D eigenvalue weighted by Gasteiger charge is -2.27. The van der Waals surface area contributed by atoms with Gasteiger partial charge in [0.1, 0.15) is 0 Å². The summed E-state index contributed by atoms with van der Waals surface area (Å²) in [5.41, 5.74) is 7.59. The van der Waals surface area contributed by atoms with Gasteiger partial charge in [0.25, 0.3) is 0 Å². The molecule has 20 heavy (non-hydrogen) atoms. The number of hydrogen-bond donors (Lipinski definition) is 2. The van der Waals surface area contributed by atoms with Crippen LogP contribution >= 0.6 is 0 Å². The molecule has 1 aliphatic heterocycles. The van der Waals surface area contributed by atoms with Crippen LogP contribution in [0.15, 0.2) is 24.3 Å². The molecule has 0 spiro atoms. The molecule has 0 radical (unpaired) electrons. The Kier molecular flexibility index (Phi) is 4.39. The summed E-state index contributed by atoms with van der Waals surface area (Å²) in [7, 11) is 0. The van der Waals surface area contributed by atoms with E-state index in [-0.39, 0.29) is 18.2 Å². The summed E-state index contributed by atoms with van der Waals surface area (Å²) in [6.45, 7) is 2.97. The van der Waals surface area contributed by atoms with Gasteiger partial charge in [-0.05, 0) is 24.9 Å². The molecule has 0 saturated carbocycles. The maximum absolute atomic E-state index is 12.1. The molecule has 0 aromatic heterocycles. The predicted octanol–water partition coefficient (Wildman–Crippen LogP) is 1.32. The highest BCUT2D eigenvalue weighted by atomic mass is 16.4. The molecule has 0 aliphatic carbocycles. The van der Waals surface area contributed by atoms with Crippen LogP contribution in [0.2, 0.25) is 0 Å². The molecule has 5 heteroatoms. The van der Waals surface area contributed by atoms with Gasteiger partial charge < -0.3 is 15.7 Å². The van der Waals surface area contributed by atoms with Gasteiger partial charge in [0, 0.05) is 13.0 Å². The summed E-state index contributed by atoms with van der Waals surface area (Å²) >= 11 is 0. The normalized spacial score (nSPS) is 20.2. The number of carbonyl (C=O) groups is 2. The van der Waals surface area contributed by atoms with Crippen LogP contribution in [-0.2, 0) is 9.59 Å². The zero-order valence-corrected chi connectivity index (χ0v) is 11.6. The Hall–Kier alpha value is -1.88. The van der Waals surface area contributed by atoms with Crippen molar-refractivity contribution in [1.29, 1.82) is 0 Å². The van der Waals surface area contributed by atoms with Crippen molar-refractivity contribution in [2.75, 3.05) is 13.1 Å². The summed E-state index contributed by atoms with van der Waals surface area (Å²) in [6.07, 6.45) is 0.338. The number of aliphatic carboxylic acids is 1. The van der Waals surface area contributed by atoms with Gasteiger partial charge in [-0.25, -0.2) is 0 Å². The monoisotopic (exact) mass is 276 g/mol. The van der Waals surface area contributed by atoms with Crippen LogP contribution in [0.25, 0.3) is 0 Å². The first-order valence-corrected chi connectivity index (χ1v) is 6.79. The predicted molar refractivity (Wildman–Crippen MR) is 75.0 cm³/mol. The fourth-order valence-electron chi connectivity index (χ4n) is 2.63. The number of amides is 1. The molecule has 3 N–H and O–H groups in total. The molecule has 108 valence electrons. The third-order valence-corrected chi connectivity index (χ3v) is 3.78. The minimum atomic E-state index is -0.903. The molecule has 1 aliphatic rings. The molecule has 2 rings (SSSR count). The topological polar surface area (TPSA) is 83.6 Å². The van der Waals surface area contributed by atoms with E-state index >= 15 is 0 Å². The van der Waals surface area contributed by atoms with Crippen molar-refractivity contribution >= 4 is 11.9 Å². The average molecular weight is 276 g/mol. The van der Waals surface area contributed by atoms with Gasteiger partial charge in [-0.3, -0.25) is 9.59 Å². The van der Waals surface area contributed by atoms with E-state index in [1.54, 1.807) is 4.90 Å². The maximum Gasteiger partial charge on any atom is 0.305 e. The number of nitrogens with two attached hydrogens (primary N) is 1. The minimum absolute atomic E-state index is 0.00715. The van der Waals surface area contributed by atoms with Crippen molar-refractivity contribution in [2.45, 2.75) is 25.8 Å². The van der Waals surface area contributed by atoms with Crippen molar-refractivity contribution < 1.29 is 14.7 Å². The first kappa shape index (κ1) is 14.5. The summed E-state index contributed by atoms with van der Waals surface area (Å²) in [5, 5.41) is 9.11. The lowest BCUT2D eigenvalue weighted by Crippen LogP contribution is -2.32. The van der Waals surface area contributed by atoms with E-state index in [9.17, 15) is 9.59 Å². The summed E-state index contributed by atoms with van der Waals surface area (Å²) < 4.78 is 0. The second kappa shape index (κ2) is 6.05. The number of benzene rings is 1. The zero-order valence-electron chi connectivity index (χ0n) is 11.6. The molecule has 1 heterocycles. The van der Waals surface area contributed by atoms with Crippen molar-refractivity contribution in [3.63, 3.8) is 0 Å². The third-order valence-electron chi connectivity index (χ3n) is 3.78. The fraction of sp³-hybridized carbons (Fsp3) is 0.467. The standard InChI is InChI=1S/C15H20N2O3/c1-10-2-4-12(5-3-10)13(7-15(19)20)17-9-11(8-16)6-14(17)18/h2-5,11,13H,6-9,16H2,1H3,(H,19,20). The van der Waals surface area contributed by atoms with Crippen molar-refractivity contribution in [3.8, 4) is 0 Å². The van der Waals surface area contributed by atoms with E-state index in [0.717, 1.165) is 11.1 Å². The van der Waals surface area contributed by atoms with Gasteiger partial charge >= 0.3 is 5.97 Å². The molecular formula is C15H20N2O3. The Morgan fingerprint density at radius 2 is 2.10 bits per heavy atom. The molecule has 2 atom stereocenters. The van der Waals surface area contributed by atoms with E-state index in [2.05, 4.69) is 0 Å². The lowest BCUT2D eigenvalue weighted by molar-refractivity contribution is -0.139. The van der Waals surface area contributed by atoms with Gasteiger partial charge in [0.2, 0.25) is 5.91 Å². The van der Waals surface area contributed by atoms with Crippen LogP contribution < -0.4 is 5.73 Å². The van der Waals surface area contributed by atoms with Crippen molar-refractivity contribution in [1.82, 2.24) is 4.90 Å². The molecule has 2 unspecified atom stereocenters. The van der Waals surface area contributed by atoms with Gasteiger partial charge in [-0.1, -0.05) is 29.8 Å². The van der Waals surface area contributed by atoms with E-state index in [4.69, 9.17) is 10.8 Å². The number of carboxylic acid groups (broad SMARTS) is 1. The number of likely N-dealkylation sites (tertiary alicyclic amines) is 1. The first-order valence-electron chi connectivity index (χ1n) is 6.79. The third kappa shape index (κ3) is 3.17. The minimum Gasteiger partial charge on any atom is -0.481 e. The van der Waals surface area contributed by atoms with Crippen LogP contribution in [0, 0.1) is 12.8 Å². The van der Waals surface area contributed by atoms with Crippen LogP contribution in [0.4, 0.5) is 0 Å². The van der Waals surface area contributed by atoms with Crippen molar-refractivity contribution in [2.24, 2.45) is 11.7 Å². The number of carbonyl (C=O) groups excluding carboxylic acids is 1. The summed E-state index contributed by atoms with van der Waals surface area (Å²) in [6, 6.07) is 7.26. The smallest absolute Gasteiger partial charge is 0.305 e. The van der Waals surface area contributed by atoms with E-state index in [1.807, 2.05) is 31.2 Å². The summed E-state index contributed by atoms with van der Waals surface area (Å²) in [4.78, 5) is 24.8. The Bertz CT molecular complexity index is 498. The second-order valence-electron chi connectivity index (χ2n) is 5.38. The molecule has 0 bridgehead atoms. The lowest BCUT2D eigenvalue weighted by atomic mass is 10.0. The molecule has 1 saturated heterocycles. The van der Waals surface area contributed by atoms with Gasteiger partial charge in [-0.2, -0.15) is 0 Å². The SMILES string of the molecule is Cc1ccc(C(CC(=O)O)N2CC(CN)CC2=O)cc1. The van der Waals surface area contributed by atoms with Crippen LogP contribution in [0.3, 0.4) is 0 Å². The average Bonchev–Trinajstić information content (AvgIpc) is 2.78. The van der Waals surface area contributed by atoms with Gasteiger partial charge in [0.05, 0.1) is 12.5 Å². The Morgan fingerprint density at radius 1 is 1.45 bits per heavy atom. The number of rotatable bonds is 5. The first-order chi connectivity index (χ1) is 9.51. The maximum atomic E-state index is 12.1. The molecule has 1 aromatic rings. The fourth-order valence-corrected chi connectivity index (χ4v) is 2.63. The van der Waals surface area contributed by atoms with E-state index < -0.39 is 12.0 Å². The summed E-state index contributed by atoms with van der Waals surface area (Å²) in [5.74, 6) is -0.781. The van der Waals surface area contributed by atoms with Gasteiger partial charge in [-0.15, -0.1) is 0 Å². The Morgan fingerprint density at radius 3 is 2.60 bits per heavy atom. The Labute approximate surface area is 118 Å². The van der Waals surface area contributed by atoms with Crippen LogP contribution in [0.1, 0.15) is 30.0 Å². The highest BCUT2D eigenvalue weighted by molar-refractivity contribution is 5.80. The van der Waals surface area contributed by atoms with Crippen LogP contribution in [0.5, 0.6) is 0 Å². The molecule has 1 amide bonds. The van der Waals surface area contributed by atoms with Crippen molar-refractivity contribution in [3.05, 3.63) is 35.4 Å². The zero-order chi connectivity index (χ0) is 14.7. The highest BCUT2D eigenvalue weighted by Gasteiger charge is 2.35. The molecular weight excluding hydrogens is 256 g/mol.